The molecule has 2 nitrogen and oxygen atoms in total. The first-order valence-electron chi connectivity index (χ1n) is 27.9. The molecule has 0 unspecified atom stereocenters. The summed E-state index contributed by atoms with van der Waals surface area (Å²) in [5, 5.41) is 2.65. The molecular weight excluding hydrogens is 953 g/mol. The first-order valence-corrected chi connectivity index (χ1v) is 27.9. The number of benzene rings is 12. The predicted octanol–water partition coefficient (Wildman–Crippen LogP) is 20.4. The number of aromatic nitrogens is 1. The standard InChI is InChI=1S/C77H56N2/c1-3-51-26-46-75-68(48-51)69-49-52(4-2)27-47-76(69)79(75)61-42-38-58(39-43-61)56-30-28-55(29-31-56)57-36-40-60(41-37-57)78(74-25-15-11-18-63(74)59-34-32-54(33-35-59)53-16-6-5-7-17-53)62-44-45-67-66-21-10-14-24-72(66)77(73(67)50-62)70-22-12-8-19-64(70)65-20-9-13-23-71(65)77/h5-50H,3-4H2,1-2H3. The number of para-hydroxylation sites is 1. The summed E-state index contributed by atoms with van der Waals surface area (Å²) in [4.78, 5) is 2.48. The molecule has 0 N–H and O–H groups in total. The number of hydrogen-bond acceptors (Lipinski definition) is 1. The second-order valence-electron chi connectivity index (χ2n) is 21.3. The normalized spacial score (nSPS) is 12.6. The largest absolute Gasteiger partial charge is 0.310 e. The van der Waals surface area contributed by atoms with E-state index in [9.17, 15) is 0 Å². The van der Waals surface area contributed by atoms with Crippen molar-refractivity contribution < 1.29 is 0 Å². The molecule has 0 fully saturated rings. The Morgan fingerprint density at radius 2 is 0.696 bits per heavy atom. The Balaban J connectivity index is 0.809. The molecule has 13 aromatic rings. The SMILES string of the molecule is CCc1ccc2c(c1)c1cc(CC)ccc1n2-c1ccc(-c2ccc(-c3ccc(N(c4ccc5c(c4)C4(c6ccccc6-c6ccccc64)c4ccccc4-5)c4ccccc4-c4ccc(-c5ccccc5)cc4)cc3)cc2)cc1. The van der Waals surface area contributed by atoms with E-state index in [2.05, 4.69) is 302 Å². The Hall–Kier alpha value is -9.76. The van der Waals surface area contributed by atoms with Crippen molar-refractivity contribution in [3.63, 3.8) is 0 Å². The van der Waals surface area contributed by atoms with E-state index in [1.807, 2.05) is 0 Å². The van der Waals surface area contributed by atoms with E-state index >= 15 is 0 Å². The number of nitrogens with zero attached hydrogens (tertiary/aromatic N) is 2. The average Bonchev–Trinajstić information content (AvgIpc) is 2.59. The van der Waals surface area contributed by atoms with Crippen molar-refractivity contribution in [2.45, 2.75) is 32.1 Å². The Morgan fingerprint density at radius 3 is 1.20 bits per heavy atom. The van der Waals surface area contributed by atoms with Gasteiger partial charge in [0.1, 0.15) is 0 Å². The molecule has 0 amide bonds. The van der Waals surface area contributed by atoms with Gasteiger partial charge in [-0.25, -0.2) is 0 Å². The topological polar surface area (TPSA) is 8.17 Å². The van der Waals surface area contributed by atoms with Crippen molar-refractivity contribution in [3.05, 3.63) is 312 Å². The molecule has 0 radical (unpaired) electrons. The van der Waals surface area contributed by atoms with Gasteiger partial charge in [-0.1, -0.05) is 226 Å². The Morgan fingerprint density at radius 1 is 0.304 bits per heavy atom. The molecule has 79 heavy (non-hydrogen) atoms. The lowest BCUT2D eigenvalue weighted by atomic mass is 9.70. The van der Waals surface area contributed by atoms with Gasteiger partial charge >= 0.3 is 0 Å². The summed E-state index contributed by atoms with van der Waals surface area (Å²) >= 11 is 0. The first kappa shape index (κ1) is 46.5. The van der Waals surface area contributed by atoms with Crippen LogP contribution < -0.4 is 4.90 Å². The van der Waals surface area contributed by atoms with E-state index in [0.29, 0.717) is 0 Å². The summed E-state index contributed by atoms with van der Waals surface area (Å²) in [6.45, 7) is 4.47. The lowest BCUT2D eigenvalue weighted by Crippen LogP contribution is -2.26. The quantitative estimate of drug-likeness (QED) is 0.133. The van der Waals surface area contributed by atoms with E-state index in [4.69, 9.17) is 0 Å². The zero-order valence-electron chi connectivity index (χ0n) is 44.4. The molecule has 0 aliphatic heterocycles. The maximum Gasteiger partial charge on any atom is 0.0726 e. The number of aryl methyl sites for hydroxylation is 2. The van der Waals surface area contributed by atoms with Crippen molar-refractivity contribution in [1.82, 2.24) is 4.57 Å². The van der Waals surface area contributed by atoms with Gasteiger partial charge in [0.05, 0.1) is 22.1 Å². The second kappa shape index (κ2) is 18.8. The highest BCUT2D eigenvalue weighted by atomic mass is 15.1. The minimum atomic E-state index is -0.462. The lowest BCUT2D eigenvalue weighted by Gasteiger charge is -2.32. The number of rotatable bonds is 10. The summed E-state index contributed by atoms with van der Waals surface area (Å²) in [5.74, 6) is 0. The van der Waals surface area contributed by atoms with Gasteiger partial charge in [0.25, 0.3) is 0 Å². The molecule has 1 heterocycles. The molecule has 0 saturated heterocycles. The van der Waals surface area contributed by atoms with Crippen LogP contribution in [0.15, 0.2) is 279 Å². The van der Waals surface area contributed by atoms with Gasteiger partial charge in [0.15, 0.2) is 0 Å². The summed E-state index contributed by atoms with van der Waals surface area (Å²) in [7, 11) is 0. The molecule has 374 valence electrons. The van der Waals surface area contributed by atoms with E-state index < -0.39 is 5.41 Å². The molecule has 12 aromatic carbocycles. The van der Waals surface area contributed by atoms with Crippen molar-refractivity contribution in [1.29, 1.82) is 0 Å². The van der Waals surface area contributed by atoms with Crippen LogP contribution in [0.4, 0.5) is 17.1 Å². The molecular formula is C77H56N2. The lowest BCUT2D eigenvalue weighted by molar-refractivity contribution is 0.793. The second-order valence-corrected chi connectivity index (χ2v) is 21.3. The minimum Gasteiger partial charge on any atom is -0.310 e. The van der Waals surface area contributed by atoms with Gasteiger partial charge in [-0.05, 0) is 174 Å². The molecule has 2 heteroatoms. The van der Waals surface area contributed by atoms with Gasteiger partial charge in [-0.15, -0.1) is 0 Å². The van der Waals surface area contributed by atoms with Gasteiger partial charge in [-0.3, -0.25) is 0 Å². The van der Waals surface area contributed by atoms with Crippen molar-refractivity contribution in [2.24, 2.45) is 0 Å². The van der Waals surface area contributed by atoms with Gasteiger partial charge in [-0.2, -0.15) is 0 Å². The summed E-state index contributed by atoms with van der Waals surface area (Å²) in [5.41, 5.74) is 29.2. The van der Waals surface area contributed by atoms with E-state index in [-0.39, 0.29) is 0 Å². The third-order valence-electron chi connectivity index (χ3n) is 17.2. The Kier molecular flexibility index (Phi) is 11.1. The molecule has 0 bridgehead atoms. The van der Waals surface area contributed by atoms with Crippen LogP contribution in [0.25, 0.3) is 94.3 Å². The van der Waals surface area contributed by atoms with Crippen LogP contribution in [-0.4, -0.2) is 4.57 Å². The highest BCUT2D eigenvalue weighted by Crippen LogP contribution is 2.63. The highest BCUT2D eigenvalue weighted by molar-refractivity contribution is 6.10. The molecule has 1 spiro atoms. The Bertz CT molecular complexity index is 4340. The molecule has 0 atom stereocenters. The fourth-order valence-corrected chi connectivity index (χ4v) is 13.3. The maximum absolute atomic E-state index is 2.50. The van der Waals surface area contributed by atoms with E-state index in [1.165, 1.54) is 117 Å². The third-order valence-corrected chi connectivity index (χ3v) is 17.2. The fourth-order valence-electron chi connectivity index (χ4n) is 13.3. The maximum atomic E-state index is 2.50. The van der Waals surface area contributed by atoms with Crippen molar-refractivity contribution >= 4 is 38.9 Å². The Labute approximate surface area is 462 Å². The number of fused-ring (bicyclic) bond motifs is 13. The number of hydrogen-bond donors (Lipinski definition) is 0. The third kappa shape index (κ3) is 7.39. The molecule has 0 saturated carbocycles. The van der Waals surface area contributed by atoms with E-state index in [1.54, 1.807) is 0 Å². The number of anilines is 3. The van der Waals surface area contributed by atoms with Crippen LogP contribution in [0, 0.1) is 0 Å². The van der Waals surface area contributed by atoms with Crippen LogP contribution in [-0.2, 0) is 18.3 Å². The molecule has 2 aliphatic rings. The predicted molar refractivity (Wildman–Crippen MR) is 332 cm³/mol. The molecule has 1 aromatic heterocycles. The summed E-state index contributed by atoms with van der Waals surface area (Å²) < 4.78 is 2.43. The zero-order chi connectivity index (χ0) is 52.6. The van der Waals surface area contributed by atoms with Crippen molar-refractivity contribution in [3.8, 4) is 72.4 Å². The zero-order valence-corrected chi connectivity index (χ0v) is 44.4. The smallest absolute Gasteiger partial charge is 0.0726 e. The minimum absolute atomic E-state index is 0.462. The van der Waals surface area contributed by atoms with Crippen LogP contribution >= 0.6 is 0 Å². The monoisotopic (exact) mass is 1010 g/mol. The summed E-state index contributed by atoms with van der Waals surface area (Å²) in [6.07, 6.45) is 2.04. The van der Waals surface area contributed by atoms with E-state index in [0.717, 1.165) is 41.0 Å². The van der Waals surface area contributed by atoms with Crippen LogP contribution in [0.3, 0.4) is 0 Å². The first-order chi connectivity index (χ1) is 39.1. The summed E-state index contributed by atoms with van der Waals surface area (Å²) in [6, 6.07) is 104. The van der Waals surface area contributed by atoms with Crippen molar-refractivity contribution in [2.75, 3.05) is 4.90 Å². The van der Waals surface area contributed by atoms with Gasteiger partial charge < -0.3 is 9.47 Å². The van der Waals surface area contributed by atoms with Gasteiger partial charge in [0.2, 0.25) is 0 Å². The molecule has 15 rings (SSSR count). The van der Waals surface area contributed by atoms with Crippen LogP contribution in [0.1, 0.15) is 47.2 Å². The average molecular weight is 1010 g/mol. The van der Waals surface area contributed by atoms with Crippen LogP contribution in [0.5, 0.6) is 0 Å². The fraction of sp³-hybridized carbons (Fsp3) is 0.0649. The highest BCUT2D eigenvalue weighted by Gasteiger charge is 2.51. The molecule has 2 aliphatic carbocycles. The van der Waals surface area contributed by atoms with Crippen LogP contribution in [0.2, 0.25) is 0 Å². The van der Waals surface area contributed by atoms with Gasteiger partial charge in [0, 0.05) is 33.4 Å².